The molecule has 1 aromatic rings. The first kappa shape index (κ1) is 15.7. The average Bonchev–Trinajstić information content (AvgIpc) is 2.46. The second-order valence-electron chi connectivity index (χ2n) is 5.07. The molecule has 3 nitrogen and oxygen atoms in total. The lowest BCUT2D eigenvalue weighted by Gasteiger charge is -2.22. The molecular weight excluding hydrogens is 292 g/mol. The van der Waals surface area contributed by atoms with Crippen LogP contribution in [0.5, 0.6) is 0 Å². The SMILES string of the molecule is C[C@@H](NC(=O)CSC1CCNCC1)c1ccccc1Cl. The Labute approximate surface area is 129 Å². The summed E-state index contributed by atoms with van der Waals surface area (Å²) in [7, 11) is 0. The molecule has 1 aliphatic heterocycles. The fourth-order valence-corrected chi connectivity index (χ4v) is 3.68. The monoisotopic (exact) mass is 312 g/mol. The molecule has 1 atom stereocenters. The van der Waals surface area contributed by atoms with E-state index in [1.54, 1.807) is 11.8 Å². The Morgan fingerprint density at radius 2 is 2.15 bits per heavy atom. The zero-order valence-corrected chi connectivity index (χ0v) is 13.3. The van der Waals surface area contributed by atoms with Gasteiger partial charge in [-0.15, -0.1) is 11.8 Å². The summed E-state index contributed by atoms with van der Waals surface area (Å²) in [4.78, 5) is 12.0. The lowest BCUT2D eigenvalue weighted by Crippen LogP contribution is -2.32. The molecule has 1 fully saturated rings. The molecule has 1 aliphatic rings. The van der Waals surface area contributed by atoms with Crippen molar-refractivity contribution in [1.29, 1.82) is 0 Å². The van der Waals surface area contributed by atoms with Crippen molar-refractivity contribution in [2.45, 2.75) is 31.1 Å². The fraction of sp³-hybridized carbons (Fsp3) is 0.533. The van der Waals surface area contributed by atoms with Gasteiger partial charge in [-0.05, 0) is 44.5 Å². The molecule has 1 heterocycles. The number of thioether (sulfide) groups is 1. The molecule has 0 radical (unpaired) electrons. The Hall–Kier alpha value is -0.710. The Morgan fingerprint density at radius 1 is 1.45 bits per heavy atom. The van der Waals surface area contributed by atoms with Crippen molar-refractivity contribution in [3.8, 4) is 0 Å². The Kier molecular flexibility index (Phi) is 6.20. The van der Waals surface area contributed by atoms with E-state index in [9.17, 15) is 4.79 Å². The molecule has 5 heteroatoms. The predicted octanol–water partition coefficient (Wildman–Crippen LogP) is 3.00. The van der Waals surface area contributed by atoms with Crippen molar-refractivity contribution in [2.24, 2.45) is 0 Å². The van der Waals surface area contributed by atoms with Gasteiger partial charge in [-0.25, -0.2) is 0 Å². The van der Waals surface area contributed by atoms with Gasteiger partial charge in [0, 0.05) is 10.3 Å². The maximum atomic E-state index is 12.0. The third-order valence-electron chi connectivity index (χ3n) is 3.49. The van der Waals surface area contributed by atoms with E-state index >= 15 is 0 Å². The van der Waals surface area contributed by atoms with Gasteiger partial charge in [0.2, 0.25) is 5.91 Å². The van der Waals surface area contributed by atoms with Gasteiger partial charge < -0.3 is 10.6 Å². The Morgan fingerprint density at radius 3 is 2.85 bits per heavy atom. The van der Waals surface area contributed by atoms with Crippen molar-refractivity contribution in [1.82, 2.24) is 10.6 Å². The van der Waals surface area contributed by atoms with Crippen LogP contribution < -0.4 is 10.6 Å². The Balaban J connectivity index is 1.77. The van der Waals surface area contributed by atoms with Gasteiger partial charge in [0.15, 0.2) is 0 Å². The minimum Gasteiger partial charge on any atom is -0.349 e. The van der Waals surface area contributed by atoms with Crippen LogP contribution in [-0.4, -0.2) is 30.0 Å². The molecule has 2 N–H and O–H groups in total. The van der Waals surface area contributed by atoms with Crippen LogP contribution in [0.3, 0.4) is 0 Å². The maximum Gasteiger partial charge on any atom is 0.230 e. The average molecular weight is 313 g/mol. The van der Waals surface area contributed by atoms with E-state index in [1.165, 1.54) is 0 Å². The number of piperidine rings is 1. The number of rotatable bonds is 5. The van der Waals surface area contributed by atoms with Gasteiger partial charge >= 0.3 is 0 Å². The number of hydrogen-bond donors (Lipinski definition) is 2. The van der Waals surface area contributed by atoms with Gasteiger partial charge in [-0.1, -0.05) is 29.8 Å². The van der Waals surface area contributed by atoms with Crippen molar-refractivity contribution in [3.63, 3.8) is 0 Å². The minimum absolute atomic E-state index is 0.0511. The van der Waals surface area contributed by atoms with Crippen LogP contribution in [-0.2, 0) is 4.79 Å². The highest BCUT2D eigenvalue weighted by Crippen LogP contribution is 2.23. The van der Waals surface area contributed by atoms with Crippen LogP contribution in [0.1, 0.15) is 31.4 Å². The van der Waals surface area contributed by atoms with E-state index in [0.717, 1.165) is 31.5 Å². The highest BCUT2D eigenvalue weighted by Gasteiger charge is 2.16. The molecule has 0 aliphatic carbocycles. The third kappa shape index (κ3) is 4.69. The summed E-state index contributed by atoms with van der Waals surface area (Å²) < 4.78 is 0. The van der Waals surface area contributed by atoms with Crippen molar-refractivity contribution in [2.75, 3.05) is 18.8 Å². The first-order valence-electron chi connectivity index (χ1n) is 7.03. The molecule has 0 saturated carbocycles. The van der Waals surface area contributed by atoms with Crippen LogP contribution >= 0.6 is 23.4 Å². The zero-order valence-electron chi connectivity index (χ0n) is 11.7. The van der Waals surface area contributed by atoms with Crippen LogP contribution in [0.15, 0.2) is 24.3 Å². The lowest BCUT2D eigenvalue weighted by atomic mass is 10.1. The van der Waals surface area contributed by atoms with Crippen molar-refractivity contribution >= 4 is 29.3 Å². The van der Waals surface area contributed by atoms with Crippen molar-refractivity contribution < 1.29 is 4.79 Å². The summed E-state index contributed by atoms with van der Waals surface area (Å²) in [5.74, 6) is 0.611. The fourth-order valence-electron chi connectivity index (χ4n) is 2.34. The first-order chi connectivity index (χ1) is 9.66. The van der Waals surface area contributed by atoms with Gasteiger partial charge in [0.05, 0.1) is 11.8 Å². The zero-order chi connectivity index (χ0) is 14.4. The summed E-state index contributed by atoms with van der Waals surface area (Å²) in [6.45, 7) is 4.10. The molecule has 0 aromatic heterocycles. The number of benzene rings is 1. The van der Waals surface area contributed by atoms with E-state index < -0.39 is 0 Å². The van der Waals surface area contributed by atoms with E-state index in [-0.39, 0.29) is 11.9 Å². The molecule has 110 valence electrons. The van der Waals surface area contributed by atoms with Gasteiger partial charge in [0.1, 0.15) is 0 Å². The second kappa shape index (κ2) is 7.91. The highest BCUT2D eigenvalue weighted by molar-refractivity contribution is 8.00. The molecule has 0 spiro atoms. The van der Waals surface area contributed by atoms with Gasteiger partial charge in [0.25, 0.3) is 0 Å². The van der Waals surface area contributed by atoms with E-state index in [4.69, 9.17) is 11.6 Å². The van der Waals surface area contributed by atoms with Crippen LogP contribution in [0, 0.1) is 0 Å². The van der Waals surface area contributed by atoms with E-state index in [1.807, 2.05) is 31.2 Å². The minimum atomic E-state index is -0.0511. The number of amides is 1. The highest BCUT2D eigenvalue weighted by atomic mass is 35.5. The smallest absolute Gasteiger partial charge is 0.230 e. The molecule has 20 heavy (non-hydrogen) atoms. The molecule has 0 unspecified atom stereocenters. The summed E-state index contributed by atoms with van der Waals surface area (Å²) in [5.41, 5.74) is 0.967. The van der Waals surface area contributed by atoms with Crippen molar-refractivity contribution in [3.05, 3.63) is 34.9 Å². The summed E-state index contributed by atoms with van der Waals surface area (Å²) in [6.07, 6.45) is 2.30. The number of halogens is 1. The summed E-state index contributed by atoms with van der Waals surface area (Å²) >= 11 is 7.90. The number of carbonyl (C=O) groups is 1. The first-order valence-corrected chi connectivity index (χ1v) is 8.45. The van der Waals surface area contributed by atoms with Crippen LogP contribution in [0.25, 0.3) is 0 Å². The lowest BCUT2D eigenvalue weighted by molar-refractivity contribution is -0.119. The predicted molar refractivity (Wildman–Crippen MR) is 86.4 cm³/mol. The molecule has 1 saturated heterocycles. The largest absolute Gasteiger partial charge is 0.349 e. The molecule has 0 bridgehead atoms. The molecule has 1 amide bonds. The van der Waals surface area contributed by atoms with E-state index in [0.29, 0.717) is 16.0 Å². The summed E-state index contributed by atoms with van der Waals surface area (Å²) in [6, 6.07) is 7.59. The quantitative estimate of drug-likeness (QED) is 0.878. The number of nitrogens with one attached hydrogen (secondary N) is 2. The van der Waals surface area contributed by atoms with E-state index in [2.05, 4.69) is 10.6 Å². The van der Waals surface area contributed by atoms with Crippen LogP contribution in [0.4, 0.5) is 0 Å². The number of carbonyl (C=O) groups excluding carboxylic acids is 1. The second-order valence-corrected chi connectivity index (χ2v) is 6.77. The maximum absolute atomic E-state index is 12.0. The topological polar surface area (TPSA) is 41.1 Å². The molecule has 2 rings (SSSR count). The molecule has 1 aromatic carbocycles. The van der Waals surface area contributed by atoms with Gasteiger partial charge in [-0.3, -0.25) is 4.79 Å². The Bertz CT molecular complexity index is 449. The summed E-state index contributed by atoms with van der Waals surface area (Å²) in [5, 5.41) is 7.66. The van der Waals surface area contributed by atoms with Crippen LogP contribution in [0.2, 0.25) is 5.02 Å². The normalized spacial score (nSPS) is 17.7. The standard InChI is InChI=1S/C15H21ClN2OS/c1-11(13-4-2-3-5-14(13)16)18-15(19)10-20-12-6-8-17-9-7-12/h2-5,11-12,17H,6-10H2,1H3,(H,18,19)/t11-/m1/s1. The molecular formula is C15H21ClN2OS. The van der Waals surface area contributed by atoms with Gasteiger partial charge in [-0.2, -0.15) is 0 Å². The number of hydrogen-bond acceptors (Lipinski definition) is 3. The third-order valence-corrected chi connectivity index (χ3v) is 5.20.